The topological polar surface area (TPSA) is 76.0 Å². The number of carbonyl (C=O) groups excluding carboxylic acids is 2. The van der Waals surface area contributed by atoms with Gasteiger partial charge in [0.1, 0.15) is 12.4 Å². The number of thioether (sulfide) groups is 1. The molecule has 0 aliphatic rings. The molecule has 3 aromatic rings. The number of anilines is 1. The molecular weight excluding hydrogens is 452 g/mol. The molecule has 0 saturated heterocycles. The number of nitrogens with one attached hydrogen (secondary N) is 2. The first kappa shape index (κ1) is 21.4. The zero-order valence-electron chi connectivity index (χ0n) is 16.4. The van der Waals surface area contributed by atoms with Crippen molar-refractivity contribution in [1.29, 1.82) is 0 Å². The van der Waals surface area contributed by atoms with Gasteiger partial charge in [0.05, 0.1) is 16.8 Å². The largest absolute Gasteiger partial charge is 0.354 e. The number of fused-ring (bicyclic) bond motifs is 1. The highest BCUT2D eigenvalue weighted by atomic mass is 79.9. The fourth-order valence-electron chi connectivity index (χ4n) is 3.00. The molecule has 0 atom stereocenters. The quantitative estimate of drug-likeness (QED) is 0.514. The molecular formula is C21H23BrN4O2S. The van der Waals surface area contributed by atoms with Crippen molar-refractivity contribution in [3.8, 4) is 0 Å². The summed E-state index contributed by atoms with van der Waals surface area (Å²) < 4.78 is 2.84. The van der Waals surface area contributed by atoms with Gasteiger partial charge in [0, 0.05) is 23.1 Å². The summed E-state index contributed by atoms with van der Waals surface area (Å²) in [6.45, 7) is 2.40. The summed E-state index contributed by atoms with van der Waals surface area (Å²) in [5.41, 5.74) is 3.57. The minimum Gasteiger partial charge on any atom is -0.354 e. The summed E-state index contributed by atoms with van der Waals surface area (Å²) in [5, 5.41) is 5.72. The summed E-state index contributed by atoms with van der Waals surface area (Å²) in [6, 6.07) is 13.5. The van der Waals surface area contributed by atoms with Crippen molar-refractivity contribution >= 4 is 56.2 Å². The SMILES string of the molecule is CSCc1nc2ccccc2n1CC(=O)NCCC(=O)Nc1cc(Br)ccc1C. The maximum Gasteiger partial charge on any atom is 0.240 e. The first-order chi connectivity index (χ1) is 14.0. The molecule has 1 heterocycles. The van der Waals surface area contributed by atoms with Crippen LogP contribution in [0.3, 0.4) is 0 Å². The zero-order chi connectivity index (χ0) is 20.8. The van der Waals surface area contributed by atoms with Crippen molar-refractivity contribution in [2.24, 2.45) is 0 Å². The third-order valence-corrected chi connectivity index (χ3v) is 5.50. The van der Waals surface area contributed by atoms with Crippen molar-refractivity contribution in [3.05, 3.63) is 58.3 Å². The Balaban J connectivity index is 1.55. The van der Waals surface area contributed by atoms with E-state index in [1.807, 2.05) is 60.2 Å². The maximum absolute atomic E-state index is 12.4. The summed E-state index contributed by atoms with van der Waals surface area (Å²) in [6.07, 6.45) is 2.22. The average molecular weight is 475 g/mol. The van der Waals surface area contributed by atoms with Crippen LogP contribution in [-0.4, -0.2) is 34.2 Å². The van der Waals surface area contributed by atoms with E-state index in [9.17, 15) is 9.59 Å². The summed E-state index contributed by atoms with van der Waals surface area (Å²) >= 11 is 5.07. The number of imidazole rings is 1. The van der Waals surface area contributed by atoms with Crippen LogP contribution in [0.15, 0.2) is 46.9 Å². The lowest BCUT2D eigenvalue weighted by molar-refractivity contribution is -0.121. The Morgan fingerprint density at radius 2 is 1.97 bits per heavy atom. The fraction of sp³-hybridized carbons (Fsp3) is 0.286. The second-order valence-corrected chi connectivity index (χ2v) is 8.42. The number of benzene rings is 2. The number of nitrogens with zero attached hydrogens (tertiary/aromatic N) is 2. The smallest absolute Gasteiger partial charge is 0.240 e. The number of para-hydroxylation sites is 2. The molecule has 2 amide bonds. The van der Waals surface area contributed by atoms with Crippen molar-refractivity contribution < 1.29 is 9.59 Å². The van der Waals surface area contributed by atoms with Gasteiger partial charge in [-0.05, 0) is 43.0 Å². The van der Waals surface area contributed by atoms with Gasteiger partial charge in [-0.25, -0.2) is 4.98 Å². The van der Waals surface area contributed by atoms with Crippen LogP contribution in [0.4, 0.5) is 5.69 Å². The third-order valence-electron chi connectivity index (χ3n) is 4.46. The predicted octanol–water partition coefficient (Wildman–Crippen LogP) is 4.12. The minimum absolute atomic E-state index is 0.136. The summed E-state index contributed by atoms with van der Waals surface area (Å²) in [4.78, 5) is 29.3. The molecule has 29 heavy (non-hydrogen) atoms. The van der Waals surface area contributed by atoms with E-state index < -0.39 is 0 Å². The molecule has 0 bridgehead atoms. The highest BCUT2D eigenvalue weighted by Crippen LogP contribution is 2.21. The number of hydrogen-bond donors (Lipinski definition) is 2. The lowest BCUT2D eigenvalue weighted by atomic mass is 10.2. The van der Waals surface area contributed by atoms with Crippen molar-refractivity contribution in [2.45, 2.75) is 25.6 Å². The Bertz CT molecular complexity index is 1030. The number of amides is 2. The Labute approximate surface area is 182 Å². The molecule has 3 rings (SSSR count). The predicted molar refractivity (Wildman–Crippen MR) is 122 cm³/mol. The Morgan fingerprint density at radius 1 is 1.17 bits per heavy atom. The molecule has 0 radical (unpaired) electrons. The molecule has 0 spiro atoms. The van der Waals surface area contributed by atoms with Crippen LogP contribution in [0.25, 0.3) is 11.0 Å². The number of aryl methyl sites for hydroxylation is 1. The van der Waals surface area contributed by atoms with E-state index in [1.165, 1.54) is 0 Å². The highest BCUT2D eigenvalue weighted by Gasteiger charge is 2.13. The number of halogens is 1. The van der Waals surface area contributed by atoms with Crippen LogP contribution in [-0.2, 0) is 21.9 Å². The number of rotatable bonds is 8. The first-order valence-electron chi connectivity index (χ1n) is 9.23. The summed E-state index contributed by atoms with van der Waals surface area (Å²) in [5.74, 6) is 1.33. The standard InChI is InChI=1S/C21H23BrN4O2S/c1-14-7-8-15(22)11-17(14)25-20(27)9-10-23-21(28)12-26-18-6-4-3-5-16(18)24-19(26)13-29-2/h3-8,11H,9-10,12-13H2,1-2H3,(H,23,28)(H,25,27). The van der Waals surface area contributed by atoms with Crippen LogP contribution in [0.2, 0.25) is 0 Å². The monoisotopic (exact) mass is 474 g/mol. The highest BCUT2D eigenvalue weighted by molar-refractivity contribution is 9.10. The van der Waals surface area contributed by atoms with Crippen molar-refractivity contribution in [3.63, 3.8) is 0 Å². The molecule has 2 aromatic carbocycles. The normalized spacial score (nSPS) is 10.9. The number of carbonyl (C=O) groups is 2. The lowest BCUT2D eigenvalue weighted by Crippen LogP contribution is -2.31. The number of aromatic nitrogens is 2. The molecule has 6 nitrogen and oxygen atoms in total. The summed E-state index contributed by atoms with van der Waals surface area (Å²) in [7, 11) is 0. The second-order valence-electron chi connectivity index (χ2n) is 6.64. The molecule has 0 aliphatic heterocycles. The lowest BCUT2D eigenvalue weighted by Gasteiger charge is -2.11. The molecule has 8 heteroatoms. The third kappa shape index (κ3) is 5.61. The molecule has 152 valence electrons. The number of hydrogen-bond acceptors (Lipinski definition) is 4. The van der Waals surface area contributed by atoms with Crippen molar-refractivity contribution in [2.75, 3.05) is 18.1 Å². The van der Waals surface area contributed by atoms with Gasteiger partial charge >= 0.3 is 0 Å². The van der Waals surface area contributed by atoms with Gasteiger partial charge in [-0.3, -0.25) is 9.59 Å². The van der Waals surface area contributed by atoms with Crippen LogP contribution in [0.1, 0.15) is 17.8 Å². The van der Waals surface area contributed by atoms with Gasteiger partial charge < -0.3 is 15.2 Å². The van der Waals surface area contributed by atoms with E-state index in [0.717, 1.165) is 38.3 Å². The molecule has 2 N–H and O–H groups in total. The Morgan fingerprint density at radius 3 is 2.76 bits per heavy atom. The molecule has 1 aromatic heterocycles. The molecule has 0 fully saturated rings. The second kappa shape index (κ2) is 9.93. The first-order valence-corrected chi connectivity index (χ1v) is 11.4. The zero-order valence-corrected chi connectivity index (χ0v) is 18.8. The van der Waals surface area contributed by atoms with Crippen LogP contribution >= 0.6 is 27.7 Å². The van der Waals surface area contributed by atoms with Gasteiger partial charge in [0.15, 0.2) is 0 Å². The van der Waals surface area contributed by atoms with Gasteiger partial charge in [-0.1, -0.05) is 34.1 Å². The van der Waals surface area contributed by atoms with E-state index in [2.05, 4.69) is 31.5 Å². The molecule has 0 aliphatic carbocycles. The van der Waals surface area contributed by atoms with Crippen LogP contribution < -0.4 is 10.6 Å². The van der Waals surface area contributed by atoms with Gasteiger partial charge in [0.25, 0.3) is 0 Å². The van der Waals surface area contributed by atoms with Gasteiger partial charge in [-0.2, -0.15) is 11.8 Å². The van der Waals surface area contributed by atoms with E-state index in [0.29, 0.717) is 0 Å². The molecule has 0 saturated carbocycles. The van der Waals surface area contributed by atoms with E-state index in [4.69, 9.17) is 0 Å². The van der Waals surface area contributed by atoms with E-state index in [1.54, 1.807) is 11.8 Å². The Hall–Kier alpha value is -2.32. The van der Waals surface area contributed by atoms with Gasteiger partial charge in [-0.15, -0.1) is 0 Å². The average Bonchev–Trinajstić information content (AvgIpc) is 3.02. The fourth-order valence-corrected chi connectivity index (χ4v) is 3.84. The molecule has 0 unspecified atom stereocenters. The Kier molecular flexibility index (Phi) is 7.33. The maximum atomic E-state index is 12.4. The van der Waals surface area contributed by atoms with Crippen LogP contribution in [0.5, 0.6) is 0 Å². The van der Waals surface area contributed by atoms with Crippen LogP contribution in [0, 0.1) is 6.92 Å². The van der Waals surface area contributed by atoms with E-state index >= 15 is 0 Å². The van der Waals surface area contributed by atoms with Gasteiger partial charge in [0.2, 0.25) is 11.8 Å². The van der Waals surface area contributed by atoms with E-state index in [-0.39, 0.29) is 31.3 Å². The van der Waals surface area contributed by atoms with Crippen molar-refractivity contribution in [1.82, 2.24) is 14.9 Å². The minimum atomic E-state index is -0.137.